The first-order valence-corrected chi connectivity index (χ1v) is 11.6. The van der Waals surface area contributed by atoms with E-state index in [0.29, 0.717) is 12.2 Å². The Labute approximate surface area is 178 Å². The molecule has 2 bridgehead atoms. The van der Waals surface area contributed by atoms with Gasteiger partial charge in [-0.2, -0.15) is 0 Å². The van der Waals surface area contributed by atoms with Crippen LogP contribution in [0.15, 0.2) is 12.1 Å². The molecule has 0 amide bonds. The number of nitrogens with zero attached hydrogens (tertiary/aromatic N) is 1. The Morgan fingerprint density at radius 3 is 2.80 bits per heavy atom. The van der Waals surface area contributed by atoms with Crippen molar-refractivity contribution >= 4 is 0 Å². The van der Waals surface area contributed by atoms with Crippen LogP contribution >= 0.6 is 0 Å². The minimum absolute atomic E-state index is 0.0243. The third-order valence-corrected chi connectivity index (χ3v) is 8.48. The number of aliphatic hydroxyl groups excluding tert-OH is 1. The van der Waals surface area contributed by atoms with Gasteiger partial charge in [0, 0.05) is 18.2 Å². The summed E-state index contributed by atoms with van der Waals surface area (Å²) in [7, 11) is 0. The van der Waals surface area contributed by atoms with Crippen LogP contribution in [0.3, 0.4) is 0 Å². The smallest absolute Gasteiger partial charge is 0.165 e. The number of hydrogen-bond donors (Lipinski definition) is 3. The first-order chi connectivity index (χ1) is 14.4. The SMILES string of the molecule is CCC(OCCO)[C@@H]1Oc2c(O)ccc3c2[C@@]12CCN(CC1CCC1)[C@H](C3)[C@@]2(C)O. The topological polar surface area (TPSA) is 82.4 Å². The van der Waals surface area contributed by atoms with Gasteiger partial charge in [0.2, 0.25) is 0 Å². The highest BCUT2D eigenvalue weighted by Gasteiger charge is 2.69. The molecule has 0 radical (unpaired) electrons. The molecular formula is C24H35NO5. The second-order valence-corrected chi connectivity index (χ2v) is 9.91. The Morgan fingerprint density at radius 2 is 2.13 bits per heavy atom. The summed E-state index contributed by atoms with van der Waals surface area (Å²) in [5.41, 5.74) is 0.549. The van der Waals surface area contributed by atoms with Crippen molar-refractivity contribution in [2.75, 3.05) is 26.3 Å². The highest BCUT2D eigenvalue weighted by atomic mass is 16.6. The lowest BCUT2D eigenvalue weighted by molar-refractivity contribution is -0.179. The summed E-state index contributed by atoms with van der Waals surface area (Å²) < 4.78 is 12.4. The molecule has 1 saturated carbocycles. The average Bonchev–Trinajstić information content (AvgIpc) is 3.02. The summed E-state index contributed by atoms with van der Waals surface area (Å²) in [6, 6.07) is 3.77. The van der Waals surface area contributed by atoms with Crippen LogP contribution in [-0.4, -0.2) is 70.4 Å². The van der Waals surface area contributed by atoms with E-state index in [1.165, 1.54) is 24.8 Å². The number of aliphatic hydroxyl groups is 2. The van der Waals surface area contributed by atoms with Crippen molar-refractivity contribution < 1.29 is 24.8 Å². The van der Waals surface area contributed by atoms with Gasteiger partial charge < -0.3 is 24.8 Å². The number of phenols is 1. The van der Waals surface area contributed by atoms with Crippen molar-refractivity contribution in [1.29, 1.82) is 0 Å². The molecule has 30 heavy (non-hydrogen) atoms. The van der Waals surface area contributed by atoms with Crippen molar-refractivity contribution in [3.63, 3.8) is 0 Å². The van der Waals surface area contributed by atoms with Gasteiger partial charge in [-0.05, 0) is 63.1 Å². The fourth-order valence-electron chi connectivity index (χ4n) is 6.73. The molecule has 1 aromatic rings. The lowest BCUT2D eigenvalue weighted by Crippen LogP contribution is -2.74. The maximum absolute atomic E-state index is 12.2. The van der Waals surface area contributed by atoms with Gasteiger partial charge in [0.15, 0.2) is 11.5 Å². The number of aromatic hydroxyl groups is 1. The monoisotopic (exact) mass is 417 g/mol. The number of benzene rings is 1. The first-order valence-electron chi connectivity index (χ1n) is 11.6. The standard InChI is InChI=1S/C24H35NO5/c1-3-18(29-12-11-26)22-24-9-10-25(14-15-5-4-6-15)19(23(24,2)28)13-16-7-8-17(27)21(30-22)20(16)24/h7-8,15,18-19,22,26-28H,3-6,9-14H2,1-2H3/t18?,19-,22+,23-,24+/m1/s1. The number of phenolic OH excluding ortho intramolecular Hbond substituents is 1. The van der Waals surface area contributed by atoms with E-state index in [1.807, 2.05) is 19.9 Å². The lowest BCUT2D eigenvalue weighted by atomic mass is 9.52. The van der Waals surface area contributed by atoms with Gasteiger partial charge in [-0.3, -0.25) is 4.90 Å². The fraction of sp³-hybridized carbons (Fsp3) is 0.750. The van der Waals surface area contributed by atoms with E-state index in [9.17, 15) is 15.3 Å². The molecule has 1 unspecified atom stereocenters. The molecule has 1 spiro atoms. The normalized spacial score (nSPS) is 36.1. The maximum Gasteiger partial charge on any atom is 0.165 e. The third-order valence-electron chi connectivity index (χ3n) is 8.48. The minimum Gasteiger partial charge on any atom is -0.504 e. The zero-order chi connectivity index (χ0) is 21.1. The second-order valence-electron chi connectivity index (χ2n) is 9.91. The molecular weight excluding hydrogens is 382 g/mol. The summed E-state index contributed by atoms with van der Waals surface area (Å²) in [6.07, 6.45) is 5.52. The molecule has 2 aliphatic heterocycles. The zero-order valence-corrected chi connectivity index (χ0v) is 18.1. The Hall–Kier alpha value is -1.34. The van der Waals surface area contributed by atoms with E-state index >= 15 is 0 Å². The van der Waals surface area contributed by atoms with Crippen LogP contribution in [0.4, 0.5) is 0 Å². The molecule has 3 N–H and O–H groups in total. The van der Waals surface area contributed by atoms with E-state index in [4.69, 9.17) is 9.47 Å². The molecule has 2 fully saturated rings. The lowest BCUT2D eigenvalue weighted by Gasteiger charge is -2.61. The quantitative estimate of drug-likeness (QED) is 0.632. The van der Waals surface area contributed by atoms with Crippen LogP contribution in [0.25, 0.3) is 0 Å². The maximum atomic E-state index is 12.2. The first kappa shape index (κ1) is 20.6. The molecule has 0 aromatic heterocycles. The van der Waals surface area contributed by atoms with E-state index in [1.54, 1.807) is 6.07 Å². The second kappa shape index (κ2) is 7.37. The van der Waals surface area contributed by atoms with Crippen LogP contribution in [0.5, 0.6) is 11.5 Å². The van der Waals surface area contributed by atoms with E-state index in [-0.39, 0.29) is 37.2 Å². The van der Waals surface area contributed by atoms with Gasteiger partial charge in [0.05, 0.1) is 30.3 Å². The largest absolute Gasteiger partial charge is 0.504 e. The molecule has 6 nitrogen and oxygen atoms in total. The highest BCUT2D eigenvalue weighted by Crippen LogP contribution is 2.62. The highest BCUT2D eigenvalue weighted by molar-refractivity contribution is 5.61. The fourth-order valence-corrected chi connectivity index (χ4v) is 6.73. The number of ether oxygens (including phenoxy) is 2. The molecule has 1 saturated heterocycles. The van der Waals surface area contributed by atoms with Gasteiger partial charge in [0.1, 0.15) is 6.10 Å². The zero-order valence-electron chi connectivity index (χ0n) is 18.1. The van der Waals surface area contributed by atoms with Crippen molar-refractivity contribution in [1.82, 2.24) is 4.90 Å². The molecule has 5 atom stereocenters. The van der Waals surface area contributed by atoms with Crippen LogP contribution in [0.1, 0.15) is 57.1 Å². The summed E-state index contributed by atoms with van der Waals surface area (Å²) in [4.78, 5) is 2.51. The van der Waals surface area contributed by atoms with E-state index in [0.717, 1.165) is 37.4 Å². The van der Waals surface area contributed by atoms with E-state index in [2.05, 4.69) is 4.90 Å². The van der Waals surface area contributed by atoms with Gasteiger partial charge in [-0.15, -0.1) is 0 Å². The Morgan fingerprint density at radius 1 is 1.33 bits per heavy atom. The molecule has 4 aliphatic rings. The van der Waals surface area contributed by atoms with Crippen molar-refractivity contribution in [2.45, 2.75) is 81.6 Å². The van der Waals surface area contributed by atoms with Gasteiger partial charge in [-0.25, -0.2) is 0 Å². The van der Waals surface area contributed by atoms with Crippen molar-refractivity contribution in [3.8, 4) is 11.5 Å². The molecule has 2 heterocycles. The van der Waals surface area contributed by atoms with Crippen LogP contribution < -0.4 is 4.74 Å². The molecule has 6 heteroatoms. The third kappa shape index (κ3) is 2.70. The van der Waals surface area contributed by atoms with Gasteiger partial charge in [0.25, 0.3) is 0 Å². The van der Waals surface area contributed by atoms with Crippen molar-refractivity contribution in [3.05, 3.63) is 23.3 Å². The summed E-state index contributed by atoms with van der Waals surface area (Å²) in [5, 5.41) is 32.1. The number of likely N-dealkylation sites (tertiary alicyclic amines) is 1. The molecule has 5 rings (SSSR count). The summed E-state index contributed by atoms with van der Waals surface area (Å²) in [6.45, 7) is 6.19. The number of fused-ring (bicyclic) bond motifs is 1. The van der Waals surface area contributed by atoms with Gasteiger partial charge >= 0.3 is 0 Å². The average molecular weight is 418 g/mol. The Balaban J connectivity index is 1.59. The van der Waals surface area contributed by atoms with Crippen molar-refractivity contribution in [2.24, 2.45) is 5.92 Å². The summed E-state index contributed by atoms with van der Waals surface area (Å²) >= 11 is 0. The number of rotatable bonds is 7. The van der Waals surface area contributed by atoms with Gasteiger partial charge in [-0.1, -0.05) is 19.4 Å². The predicted molar refractivity (Wildman–Crippen MR) is 113 cm³/mol. The minimum atomic E-state index is -0.998. The van der Waals surface area contributed by atoms with Crippen LogP contribution in [0, 0.1) is 5.92 Å². The summed E-state index contributed by atoms with van der Waals surface area (Å²) in [5.74, 6) is 1.41. The molecule has 166 valence electrons. The Bertz CT molecular complexity index is 807. The number of piperidine rings is 1. The van der Waals surface area contributed by atoms with E-state index < -0.39 is 11.0 Å². The number of hydrogen-bond acceptors (Lipinski definition) is 6. The van der Waals surface area contributed by atoms with Crippen LogP contribution in [-0.2, 0) is 16.6 Å². The van der Waals surface area contributed by atoms with Crippen LogP contribution in [0.2, 0.25) is 0 Å². The predicted octanol–water partition coefficient (Wildman–Crippen LogP) is 2.36. The molecule has 2 aliphatic carbocycles. The molecule has 1 aromatic carbocycles. The Kier molecular flexibility index (Phi) is 5.05.